The summed E-state index contributed by atoms with van der Waals surface area (Å²) in [6.07, 6.45) is 2.29. The molecule has 0 aliphatic carbocycles. The quantitative estimate of drug-likeness (QED) is 0.888. The first-order valence-corrected chi connectivity index (χ1v) is 8.67. The summed E-state index contributed by atoms with van der Waals surface area (Å²) >= 11 is 5.83. The Morgan fingerprint density at radius 1 is 1.24 bits per heavy atom. The monoisotopic (exact) mass is 361 g/mol. The third kappa shape index (κ3) is 4.39. The highest BCUT2D eigenvalue weighted by molar-refractivity contribution is 6.30. The van der Waals surface area contributed by atoms with E-state index in [1.165, 1.54) is 0 Å². The first-order chi connectivity index (χ1) is 12.0. The molecule has 2 heterocycles. The molecule has 0 saturated carbocycles. The average Bonchev–Trinajstić information content (AvgIpc) is 3.24. The van der Waals surface area contributed by atoms with Crippen LogP contribution in [-0.2, 0) is 17.8 Å². The zero-order valence-electron chi connectivity index (χ0n) is 14.0. The SMILES string of the molecule is Cc1oc(CNC(=O)Cc2ccc(Cl)cc2)nc1C(=O)N1CCCC1. The highest BCUT2D eigenvalue weighted by atomic mass is 35.5. The Balaban J connectivity index is 1.56. The van der Waals surface area contributed by atoms with E-state index in [2.05, 4.69) is 10.3 Å². The maximum Gasteiger partial charge on any atom is 0.276 e. The Morgan fingerprint density at radius 2 is 1.92 bits per heavy atom. The molecule has 132 valence electrons. The molecule has 1 aromatic heterocycles. The maximum absolute atomic E-state index is 12.4. The average molecular weight is 362 g/mol. The highest BCUT2D eigenvalue weighted by Crippen LogP contribution is 2.16. The van der Waals surface area contributed by atoms with E-state index in [-0.39, 0.29) is 24.8 Å². The smallest absolute Gasteiger partial charge is 0.276 e. The molecular formula is C18H20ClN3O3. The van der Waals surface area contributed by atoms with Crippen molar-refractivity contribution in [2.24, 2.45) is 0 Å². The normalized spacial score (nSPS) is 13.9. The van der Waals surface area contributed by atoms with Crippen molar-refractivity contribution in [1.29, 1.82) is 0 Å². The van der Waals surface area contributed by atoms with Crippen LogP contribution in [0.2, 0.25) is 5.02 Å². The summed E-state index contributed by atoms with van der Waals surface area (Å²) in [4.78, 5) is 30.5. The predicted octanol–water partition coefficient (Wildman–Crippen LogP) is 2.73. The number of likely N-dealkylation sites (tertiary alicyclic amines) is 1. The molecule has 0 bridgehead atoms. The van der Waals surface area contributed by atoms with Crippen molar-refractivity contribution in [3.63, 3.8) is 0 Å². The largest absolute Gasteiger partial charge is 0.443 e. The molecule has 1 aliphatic rings. The van der Waals surface area contributed by atoms with Gasteiger partial charge in [0, 0.05) is 18.1 Å². The molecule has 1 saturated heterocycles. The van der Waals surface area contributed by atoms with Crippen LogP contribution in [0.4, 0.5) is 0 Å². The number of benzene rings is 1. The van der Waals surface area contributed by atoms with Gasteiger partial charge in [0.2, 0.25) is 11.8 Å². The van der Waals surface area contributed by atoms with Crippen LogP contribution < -0.4 is 5.32 Å². The number of aromatic nitrogens is 1. The molecule has 1 fully saturated rings. The van der Waals surface area contributed by atoms with Gasteiger partial charge in [-0.05, 0) is 37.5 Å². The minimum atomic E-state index is -0.148. The number of aryl methyl sites for hydroxylation is 1. The first kappa shape index (κ1) is 17.5. The number of carbonyl (C=O) groups is 2. The van der Waals surface area contributed by atoms with Crippen LogP contribution in [0, 0.1) is 6.92 Å². The van der Waals surface area contributed by atoms with E-state index in [1.807, 2.05) is 12.1 Å². The van der Waals surface area contributed by atoms with E-state index in [1.54, 1.807) is 24.0 Å². The standard InChI is InChI=1S/C18H20ClN3O3/c1-12-17(18(24)22-8-2-3-9-22)21-16(25-12)11-20-15(23)10-13-4-6-14(19)7-5-13/h4-7H,2-3,8-11H2,1H3,(H,20,23). The zero-order valence-corrected chi connectivity index (χ0v) is 14.8. The van der Waals surface area contributed by atoms with Crippen LogP contribution in [0.3, 0.4) is 0 Å². The summed E-state index contributed by atoms with van der Waals surface area (Å²) in [7, 11) is 0. The summed E-state index contributed by atoms with van der Waals surface area (Å²) in [6, 6.07) is 7.11. The van der Waals surface area contributed by atoms with Crippen molar-refractivity contribution in [2.75, 3.05) is 13.1 Å². The van der Waals surface area contributed by atoms with Gasteiger partial charge in [0.15, 0.2) is 5.69 Å². The molecule has 0 atom stereocenters. The van der Waals surface area contributed by atoms with Crippen LogP contribution in [0.25, 0.3) is 0 Å². The van der Waals surface area contributed by atoms with Crippen LogP contribution >= 0.6 is 11.6 Å². The number of nitrogens with zero attached hydrogens (tertiary/aromatic N) is 2. The van der Waals surface area contributed by atoms with E-state index in [4.69, 9.17) is 16.0 Å². The molecule has 2 aromatic rings. The molecule has 7 heteroatoms. The van der Waals surface area contributed by atoms with Crippen molar-refractivity contribution >= 4 is 23.4 Å². The fraction of sp³-hybridized carbons (Fsp3) is 0.389. The maximum atomic E-state index is 12.4. The highest BCUT2D eigenvalue weighted by Gasteiger charge is 2.25. The number of rotatable bonds is 5. The van der Waals surface area contributed by atoms with Crippen molar-refractivity contribution in [3.8, 4) is 0 Å². The Labute approximate surface area is 151 Å². The van der Waals surface area contributed by atoms with Gasteiger partial charge in [-0.1, -0.05) is 23.7 Å². The summed E-state index contributed by atoms with van der Waals surface area (Å²) in [6.45, 7) is 3.40. The second-order valence-corrected chi connectivity index (χ2v) is 6.53. The van der Waals surface area contributed by atoms with Gasteiger partial charge >= 0.3 is 0 Å². The molecule has 1 aliphatic heterocycles. The van der Waals surface area contributed by atoms with Gasteiger partial charge in [-0.2, -0.15) is 0 Å². The van der Waals surface area contributed by atoms with Gasteiger partial charge in [-0.15, -0.1) is 0 Å². The third-order valence-corrected chi connectivity index (χ3v) is 4.40. The van der Waals surface area contributed by atoms with Crippen molar-refractivity contribution < 1.29 is 14.0 Å². The number of nitrogens with one attached hydrogen (secondary N) is 1. The topological polar surface area (TPSA) is 75.4 Å². The molecule has 0 spiro atoms. The molecule has 6 nitrogen and oxygen atoms in total. The van der Waals surface area contributed by atoms with Gasteiger partial charge in [-0.25, -0.2) is 4.98 Å². The lowest BCUT2D eigenvalue weighted by Gasteiger charge is -2.13. The Hall–Kier alpha value is -2.34. The zero-order chi connectivity index (χ0) is 17.8. The van der Waals surface area contributed by atoms with E-state index >= 15 is 0 Å². The first-order valence-electron chi connectivity index (χ1n) is 8.29. The van der Waals surface area contributed by atoms with E-state index in [9.17, 15) is 9.59 Å². The predicted molar refractivity (Wildman–Crippen MR) is 93.4 cm³/mol. The number of oxazole rings is 1. The fourth-order valence-corrected chi connectivity index (χ4v) is 2.95. The van der Waals surface area contributed by atoms with Crippen molar-refractivity contribution in [1.82, 2.24) is 15.2 Å². The Morgan fingerprint density at radius 3 is 2.60 bits per heavy atom. The number of hydrogen-bond acceptors (Lipinski definition) is 4. The molecule has 2 amide bonds. The molecule has 25 heavy (non-hydrogen) atoms. The van der Waals surface area contributed by atoms with E-state index in [0.717, 1.165) is 31.5 Å². The minimum Gasteiger partial charge on any atom is -0.443 e. The Bertz CT molecular complexity index is 764. The van der Waals surface area contributed by atoms with Gasteiger partial charge in [0.25, 0.3) is 5.91 Å². The van der Waals surface area contributed by atoms with Gasteiger partial charge < -0.3 is 14.6 Å². The van der Waals surface area contributed by atoms with Gasteiger partial charge in [-0.3, -0.25) is 9.59 Å². The van der Waals surface area contributed by atoms with Gasteiger partial charge in [0.05, 0.1) is 13.0 Å². The second kappa shape index (κ2) is 7.70. The number of carbonyl (C=O) groups excluding carboxylic acids is 2. The summed E-state index contributed by atoms with van der Waals surface area (Å²) in [5.74, 6) is 0.575. The number of halogens is 1. The lowest BCUT2D eigenvalue weighted by atomic mass is 10.1. The number of hydrogen-bond donors (Lipinski definition) is 1. The molecule has 0 unspecified atom stereocenters. The van der Waals surface area contributed by atoms with Crippen LogP contribution in [0.5, 0.6) is 0 Å². The third-order valence-electron chi connectivity index (χ3n) is 4.15. The molecule has 0 radical (unpaired) electrons. The minimum absolute atomic E-state index is 0.0995. The fourth-order valence-electron chi connectivity index (χ4n) is 2.82. The van der Waals surface area contributed by atoms with Crippen molar-refractivity contribution in [3.05, 3.63) is 52.2 Å². The van der Waals surface area contributed by atoms with Crippen molar-refractivity contribution in [2.45, 2.75) is 32.7 Å². The molecule has 1 aromatic carbocycles. The second-order valence-electron chi connectivity index (χ2n) is 6.09. The van der Waals surface area contributed by atoms with E-state index in [0.29, 0.717) is 22.4 Å². The number of amides is 2. The lowest BCUT2D eigenvalue weighted by molar-refractivity contribution is -0.120. The van der Waals surface area contributed by atoms with Crippen LogP contribution in [-0.4, -0.2) is 34.8 Å². The van der Waals surface area contributed by atoms with Gasteiger partial charge in [0.1, 0.15) is 5.76 Å². The lowest BCUT2D eigenvalue weighted by Crippen LogP contribution is -2.28. The molecule has 3 rings (SSSR count). The van der Waals surface area contributed by atoms with Crippen LogP contribution in [0.15, 0.2) is 28.7 Å². The van der Waals surface area contributed by atoms with E-state index < -0.39 is 0 Å². The Kier molecular flexibility index (Phi) is 5.38. The molecular weight excluding hydrogens is 342 g/mol. The van der Waals surface area contributed by atoms with Crippen LogP contribution in [0.1, 0.15) is 40.5 Å². The summed E-state index contributed by atoms with van der Waals surface area (Å²) < 4.78 is 5.52. The summed E-state index contributed by atoms with van der Waals surface area (Å²) in [5.41, 5.74) is 1.21. The molecule has 1 N–H and O–H groups in total. The summed E-state index contributed by atoms with van der Waals surface area (Å²) in [5, 5.41) is 3.39.